The highest BCUT2D eigenvalue weighted by molar-refractivity contribution is 5.82. The molecule has 0 aliphatic heterocycles. The maximum absolute atomic E-state index is 12.5. The number of amides is 1. The summed E-state index contributed by atoms with van der Waals surface area (Å²) in [5.41, 5.74) is -0.860. The Morgan fingerprint density at radius 3 is 1.83 bits per heavy atom. The summed E-state index contributed by atoms with van der Waals surface area (Å²) in [4.78, 5) is 26.2. The summed E-state index contributed by atoms with van der Waals surface area (Å²) in [6, 6.07) is -0.749. The first-order valence-electron chi connectivity index (χ1n) is 8.76. The molecule has 4 aliphatic carbocycles. The van der Waals surface area contributed by atoms with Crippen molar-refractivity contribution >= 4 is 12.1 Å². The van der Waals surface area contributed by atoms with Gasteiger partial charge in [0.25, 0.3) is 0 Å². The van der Waals surface area contributed by atoms with E-state index in [0.29, 0.717) is 17.8 Å². The Morgan fingerprint density at radius 2 is 1.52 bits per heavy atom. The molecule has 1 atom stereocenters. The third-order valence-electron chi connectivity index (χ3n) is 6.23. The van der Waals surface area contributed by atoms with Crippen LogP contribution in [0.4, 0.5) is 4.79 Å². The molecule has 4 bridgehead atoms. The molecule has 1 amide bonds. The smallest absolute Gasteiger partial charge is 0.408 e. The fraction of sp³-hybridized carbons (Fsp3) is 0.889. The second-order valence-electron chi connectivity index (χ2n) is 9.09. The van der Waals surface area contributed by atoms with Crippen molar-refractivity contribution in [2.45, 2.75) is 70.9 Å². The van der Waals surface area contributed by atoms with E-state index in [1.165, 1.54) is 31.3 Å². The number of carbonyl (C=O) groups is 2. The molecular weight excluding hydrogens is 294 g/mol. The summed E-state index contributed by atoms with van der Waals surface area (Å²) in [6.45, 7) is 5.76. The second kappa shape index (κ2) is 5.38. The summed E-state index contributed by atoms with van der Waals surface area (Å²) in [7, 11) is 1.35. The van der Waals surface area contributed by atoms with Crippen molar-refractivity contribution < 1.29 is 19.4 Å². The molecule has 0 radical (unpaired) electrons. The minimum Gasteiger partial charge on any atom is -0.467 e. The van der Waals surface area contributed by atoms with Crippen LogP contribution in [0.15, 0.2) is 0 Å². The van der Waals surface area contributed by atoms with Crippen molar-refractivity contribution in [2.24, 2.45) is 23.2 Å². The number of rotatable bonds is 3. The van der Waals surface area contributed by atoms with Crippen LogP contribution in [0.1, 0.15) is 59.3 Å². The summed E-state index contributed by atoms with van der Waals surface area (Å²) >= 11 is 0. The number of esters is 1. The molecule has 130 valence electrons. The summed E-state index contributed by atoms with van der Waals surface area (Å²) in [5.74, 6) is 1.44. The fourth-order valence-electron chi connectivity index (χ4n) is 5.91. The van der Waals surface area contributed by atoms with Crippen LogP contribution in [-0.4, -0.2) is 40.8 Å². The monoisotopic (exact) mass is 323 g/mol. The molecule has 0 aromatic rings. The average molecular weight is 323 g/mol. The number of carbonyl (C=O) groups excluding carboxylic acids is 1. The highest BCUT2D eigenvalue weighted by Gasteiger charge is 2.58. The van der Waals surface area contributed by atoms with E-state index >= 15 is 0 Å². The first-order chi connectivity index (χ1) is 10.7. The third-order valence-corrected chi connectivity index (χ3v) is 6.23. The van der Waals surface area contributed by atoms with E-state index in [-0.39, 0.29) is 5.54 Å². The second-order valence-corrected chi connectivity index (χ2v) is 9.09. The largest absolute Gasteiger partial charge is 0.467 e. The number of nitrogens with zero attached hydrogens (tertiary/aromatic N) is 1. The Morgan fingerprint density at radius 1 is 1.09 bits per heavy atom. The number of methoxy groups -OCH3 is 1. The molecule has 4 saturated carbocycles. The number of carboxylic acid groups (broad SMARTS) is 1. The van der Waals surface area contributed by atoms with Gasteiger partial charge in [0.15, 0.2) is 0 Å². The van der Waals surface area contributed by atoms with Crippen molar-refractivity contribution in [1.29, 1.82) is 0 Å². The number of hydrogen-bond donors (Lipinski definition) is 1. The molecule has 4 rings (SSSR count). The Hall–Kier alpha value is -1.26. The van der Waals surface area contributed by atoms with Gasteiger partial charge in [0.1, 0.15) is 6.04 Å². The maximum Gasteiger partial charge on any atom is 0.408 e. The van der Waals surface area contributed by atoms with Crippen molar-refractivity contribution in [3.8, 4) is 0 Å². The Bertz CT molecular complexity index is 472. The van der Waals surface area contributed by atoms with Crippen molar-refractivity contribution in [3.63, 3.8) is 0 Å². The van der Waals surface area contributed by atoms with Crippen LogP contribution in [-0.2, 0) is 9.53 Å². The van der Waals surface area contributed by atoms with Gasteiger partial charge >= 0.3 is 12.1 Å². The van der Waals surface area contributed by atoms with Crippen LogP contribution < -0.4 is 0 Å². The zero-order chi connectivity index (χ0) is 17.0. The lowest BCUT2D eigenvalue weighted by atomic mass is 9.52. The van der Waals surface area contributed by atoms with Gasteiger partial charge in [-0.05, 0) is 61.7 Å². The van der Waals surface area contributed by atoms with Gasteiger partial charge in [-0.1, -0.05) is 20.8 Å². The van der Waals surface area contributed by atoms with Gasteiger partial charge in [-0.3, -0.25) is 4.90 Å². The van der Waals surface area contributed by atoms with Crippen LogP contribution in [0.3, 0.4) is 0 Å². The summed E-state index contributed by atoms with van der Waals surface area (Å²) in [5, 5.41) is 10.0. The lowest BCUT2D eigenvalue weighted by Gasteiger charge is -2.61. The first kappa shape index (κ1) is 16.6. The van der Waals surface area contributed by atoms with E-state index in [9.17, 15) is 14.7 Å². The molecule has 1 N–H and O–H groups in total. The highest BCUT2D eigenvalue weighted by Crippen LogP contribution is 2.58. The standard InChI is InChI=1S/C18H29NO4/c1-17(2,3)14(15(20)23-4)19(16(21)22)18-8-11-5-12(9-18)7-13(6-11)10-18/h11-14H,5-10H2,1-4H3,(H,21,22)/t11?,12?,13?,14-,18?/m1/s1. The van der Waals surface area contributed by atoms with Crippen LogP contribution in [0.5, 0.6) is 0 Å². The van der Waals surface area contributed by atoms with E-state index in [1.807, 2.05) is 20.8 Å². The lowest BCUT2D eigenvalue weighted by Crippen LogP contribution is -2.67. The molecule has 0 heterocycles. The molecular formula is C18H29NO4. The van der Waals surface area contributed by atoms with Crippen LogP contribution in [0, 0.1) is 23.2 Å². The van der Waals surface area contributed by atoms with E-state index in [1.54, 1.807) is 0 Å². The van der Waals surface area contributed by atoms with Crippen molar-refractivity contribution in [1.82, 2.24) is 4.90 Å². The van der Waals surface area contributed by atoms with E-state index in [4.69, 9.17) is 4.74 Å². The predicted octanol–water partition coefficient (Wildman–Crippen LogP) is 3.52. The predicted molar refractivity (Wildman–Crippen MR) is 86.0 cm³/mol. The Kier molecular flexibility index (Phi) is 3.88. The van der Waals surface area contributed by atoms with Crippen LogP contribution >= 0.6 is 0 Å². The molecule has 4 fully saturated rings. The van der Waals surface area contributed by atoms with Gasteiger partial charge in [0.2, 0.25) is 0 Å². The Balaban J connectivity index is 2.01. The summed E-state index contributed by atoms with van der Waals surface area (Å²) in [6.07, 6.45) is 5.48. The SMILES string of the molecule is COC(=O)[C@@H](N(C(=O)O)C12CC3CC(CC(C3)C1)C2)C(C)(C)C. The zero-order valence-corrected chi connectivity index (χ0v) is 14.7. The molecule has 5 nitrogen and oxygen atoms in total. The highest BCUT2D eigenvalue weighted by atomic mass is 16.5. The topological polar surface area (TPSA) is 66.8 Å². The maximum atomic E-state index is 12.5. The molecule has 4 aliphatic rings. The van der Waals surface area contributed by atoms with Crippen molar-refractivity contribution in [2.75, 3.05) is 7.11 Å². The van der Waals surface area contributed by atoms with Crippen LogP contribution in [0.25, 0.3) is 0 Å². The van der Waals surface area contributed by atoms with E-state index < -0.39 is 23.5 Å². The fourth-order valence-corrected chi connectivity index (χ4v) is 5.91. The average Bonchev–Trinajstić information content (AvgIpc) is 2.40. The third kappa shape index (κ3) is 2.72. The quantitative estimate of drug-likeness (QED) is 0.807. The first-order valence-corrected chi connectivity index (χ1v) is 8.76. The zero-order valence-electron chi connectivity index (χ0n) is 14.7. The van der Waals surface area contributed by atoms with E-state index in [2.05, 4.69) is 0 Å². The van der Waals surface area contributed by atoms with Gasteiger partial charge in [-0.25, -0.2) is 9.59 Å². The van der Waals surface area contributed by atoms with Crippen LogP contribution in [0.2, 0.25) is 0 Å². The normalized spacial score (nSPS) is 36.6. The minimum atomic E-state index is -0.975. The number of hydrogen-bond acceptors (Lipinski definition) is 3. The van der Waals surface area contributed by atoms with Crippen molar-refractivity contribution in [3.05, 3.63) is 0 Å². The molecule has 0 saturated heterocycles. The molecule has 0 spiro atoms. The van der Waals surface area contributed by atoms with Gasteiger partial charge < -0.3 is 9.84 Å². The summed E-state index contributed by atoms with van der Waals surface area (Å²) < 4.78 is 4.99. The van der Waals surface area contributed by atoms with E-state index in [0.717, 1.165) is 19.3 Å². The van der Waals surface area contributed by atoms with Gasteiger partial charge in [0, 0.05) is 5.54 Å². The molecule has 0 unspecified atom stereocenters. The lowest BCUT2D eigenvalue weighted by molar-refractivity contribution is -0.161. The Labute approximate surface area is 138 Å². The molecule has 5 heteroatoms. The van der Waals surface area contributed by atoms with Gasteiger partial charge in [-0.2, -0.15) is 0 Å². The number of ether oxygens (including phenoxy) is 1. The molecule has 0 aromatic carbocycles. The minimum absolute atomic E-state index is 0.368. The molecule has 23 heavy (non-hydrogen) atoms. The molecule has 0 aromatic heterocycles. The van der Waals surface area contributed by atoms with Gasteiger partial charge in [0.05, 0.1) is 7.11 Å². The van der Waals surface area contributed by atoms with Gasteiger partial charge in [-0.15, -0.1) is 0 Å².